The van der Waals surface area contributed by atoms with E-state index in [0.29, 0.717) is 12.8 Å². The lowest BCUT2D eigenvalue weighted by atomic mass is 9.73. The van der Waals surface area contributed by atoms with Crippen LogP contribution in [0.25, 0.3) is 0 Å². The van der Waals surface area contributed by atoms with Crippen LogP contribution in [-0.2, 0) is 17.6 Å². The van der Waals surface area contributed by atoms with Gasteiger partial charge in [0.25, 0.3) is 0 Å². The number of carbonyl (C=O) groups is 1. The van der Waals surface area contributed by atoms with E-state index >= 15 is 0 Å². The van der Waals surface area contributed by atoms with Gasteiger partial charge in [0.1, 0.15) is 5.75 Å². The van der Waals surface area contributed by atoms with Crippen LogP contribution in [0.1, 0.15) is 24.5 Å². The number of carboxylic acids is 1. The van der Waals surface area contributed by atoms with Crippen LogP contribution in [0.2, 0.25) is 0 Å². The molecule has 1 aliphatic carbocycles. The third-order valence-electron chi connectivity index (χ3n) is 3.46. The molecular formula is C13H16O3. The van der Waals surface area contributed by atoms with Gasteiger partial charge in [-0.15, -0.1) is 0 Å². The first-order valence-corrected chi connectivity index (χ1v) is 5.44. The second-order valence-corrected chi connectivity index (χ2v) is 4.68. The van der Waals surface area contributed by atoms with Gasteiger partial charge in [0.05, 0.1) is 12.5 Å². The van der Waals surface area contributed by atoms with E-state index in [4.69, 9.17) is 4.74 Å². The van der Waals surface area contributed by atoms with E-state index in [1.165, 1.54) is 5.56 Å². The number of rotatable bonds is 2. The molecule has 1 aromatic rings. The van der Waals surface area contributed by atoms with Crippen molar-refractivity contribution >= 4 is 5.97 Å². The Balaban J connectivity index is 2.35. The second kappa shape index (κ2) is 3.81. The van der Waals surface area contributed by atoms with Crippen molar-refractivity contribution < 1.29 is 14.6 Å². The normalized spacial score (nSPS) is 23.6. The second-order valence-electron chi connectivity index (χ2n) is 4.68. The van der Waals surface area contributed by atoms with Gasteiger partial charge in [-0.3, -0.25) is 4.79 Å². The maximum absolute atomic E-state index is 11.2. The highest BCUT2D eigenvalue weighted by Crippen LogP contribution is 2.36. The van der Waals surface area contributed by atoms with E-state index in [-0.39, 0.29) is 0 Å². The number of benzene rings is 1. The summed E-state index contributed by atoms with van der Waals surface area (Å²) >= 11 is 0. The van der Waals surface area contributed by atoms with Crippen LogP contribution in [0.5, 0.6) is 5.75 Å². The minimum absolute atomic E-state index is 0.592. The van der Waals surface area contributed by atoms with E-state index in [2.05, 4.69) is 0 Å². The Kier molecular flexibility index (Phi) is 2.62. The largest absolute Gasteiger partial charge is 0.497 e. The molecule has 1 atom stereocenters. The highest BCUT2D eigenvalue weighted by Gasteiger charge is 2.36. The monoisotopic (exact) mass is 220 g/mol. The van der Waals surface area contributed by atoms with Crippen molar-refractivity contribution in [1.29, 1.82) is 0 Å². The van der Waals surface area contributed by atoms with Crippen LogP contribution in [0.15, 0.2) is 18.2 Å². The van der Waals surface area contributed by atoms with Crippen molar-refractivity contribution in [3.8, 4) is 5.75 Å². The Morgan fingerprint density at radius 1 is 1.44 bits per heavy atom. The molecule has 0 spiro atoms. The van der Waals surface area contributed by atoms with Gasteiger partial charge in [0.2, 0.25) is 0 Å². The van der Waals surface area contributed by atoms with Crippen LogP contribution < -0.4 is 4.74 Å². The molecular weight excluding hydrogens is 204 g/mol. The first-order chi connectivity index (χ1) is 7.55. The quantitative estimate of drug-likeness (QED) is 0.831. The lowest BCUT2D eigenvalue weighted by Gasteiger charge is -2.31. The Bertz CT molecular complexity index is 425. The lowest BCUT2D eigenvalue weighted by Crippen LogP contribution is -2.33. The molecule has 0 amide bonds. The summed E-state index contributed by atoms with van der Waals surface area (Å²) in [6.07, 6.45) is 2.14. The van der Waals surface area contributed by atoms with E-state index in [1.54, 1.807) is 7.11 Å². The molecule has 1 aliphatic rings. The lowest BCUT2D eigenvalue weighted by molar-refractivity contribution is -0.148. The predicted octanol–water partition coefficient (Wildman–Crippen LogP) is 2.27. The zero-order chi connectivity index (χ0) is 11.8. The van der Waals surface area contributed by atoms with Crippen molar-refractivity contribution in [2.45, 2.75) is 26.2 Å². The molecule has 0 fully saturated rings. The van der Waals surface area contributed by atoms with E-state index in [9.17, 15) is 9.90 Å². The molecule has 1 N–H and O–H groups in total. The summed E-state index contributed by atoms with van der Waals surface area (Å²) in [6.45, 7) is 1.82. The van der Waals surface area contributed by atoms with Gasteiger partial charge < -0.3 is 9.84 Å². The Hall–Kier alpha value is -1.51. The summed E-state index contributed by atoms with van der Waals surface area (Å²) in [7, 11) is 1.63. The smallest absolute Gasteiger partial charge is 0.309 e. The number of aryl methyl sites for hydroxylation is 1. The maximum atomic E-state index is 11.2. The highest BCUT2D eigenvalue weighted by molar-refractivity contribution is 5.75. The molecule has 86 valence electrons. The van der Waals surface area contributed by atoms with Crippen LogP contribution >= 0.6 is 0 Å². The third-order valence-corrected chi connectivity index (χ3v) is 3.46. The van der Waals surface area contributed by atoms with Crippen molar-refractivity contribution in [1.82, 2.24) is 0 Å². The van der Waals surface area contributed by atoms with Gasteiger partial charge in [-0.1, -0.05) is 6.07 Å². The average molecular weight is 220 g/mol. The Morgan fingerprint density at radius 2 is 2.19 bits per heavy atom. The highest BCUT2D eigenvalue weighted by atomic mass is 16.5. The van der Waals surface area contributed by atoms with Crippen LogP contribution in [-0.4, -0.2) is 18.2 Å². The summed E-state index contributed by atoms with van der Waals surface area (Å²) in [5.74, 6) is 0.0920. The standard InChI is InChI=1S/C13H16O3/c1-13(12(14)15)6-5-9-3-4-11(16-2)7-10(9)8-13/h3-4,7H,5-6,8H2,1-2H3,(H,14,15). The molecule has 3 heteroatoms. The Morgan fingerprint density at radius 3 is 2.81 bits per heavy atom. The molecule has 0 radical (unpaired) electrons. The third kappa shape index (κ3) is 1.77. The first kappa shape index (κ1) is 11.0. The number of hydrogen-bond donors (Lipinski definition) is 1. The molecule has 1 aromatic carbocycles. The van der Waals surface area contributed by atoms with E-state index < -0.39 is 11.4 Å². The number of aliphatic carboxylic acids is 1. The van der Waals surface area contributed by atoms with E-state index in [1.807, 2.05) is 25.1 Å². The van der Waals surface area contributed by atoms with Crippen LogP contribution in [0.4, 0.5) is 0 Å². The van der Waals surface area contributed by atoms with Crippen molar-refractivity contribution in [2.75, 3.05) is 7.11 Å². The zero-order valence-corrected chi connectivity index (χ0v) is 9.62. The molecule has 0 aromatic heterocycles. The Labute approximate surface area is 95.0 Å². The van der Waals surface area contributed by atoms with Crippen LogP contribution in [0.3, 0.4) is 0 Å². The van der Waals surface area contributed by atoms with Crippen molar-refractivity contribution in [3.63, 3.8) is 0 Å². The first-order valence-electron chi connectivity index (χ1n) is 5.44. The average Bonchev–Trinajstić information content (AvgIpc) is 2.27. The molecule has 3 nitrogen and oxygen atoms in total. The van der Waals surface area contributed by atoms with Gasteiger partial charge in [0, 0.05) is 0 Å². The number of fused-ring (bicyclic) bond motifs is 1. The molecule has 0 heterocycles. The van der Waals surface area contributed by atoms with Gasteiger partial charge >= 0.3 is 5.97 Å². The summed E-state index contributed by atoms with van der Waals surface area (Å²) in [5.41, 5.74) is 1.73. The fourth-order valence-electron chi connectivity index (χ4n) is 2.24. The topological polar surface area (TPSA) is 46.5 Å². The van der Waals surface area contributed by atoms with Crippen molar-refractivity contribution in [2.24, 2.45) is 5.41 Å². The molecule has 16 heavy (non-hydrogen) atoms. The van der Waals surface area contributed by atoms with Gasteiger partial charge in [0.15, 0.2) is 0 Å². The zero-order valence-electron chi connectivity index (χ0n) is 9.62. The number of hydrogen-bond acceptors (Lipinski definition) is 2. The van der Waals surface area contributed by atoms with Gasteiger partial charge in [-0.05, 0) is 49.4 Å². The molecule has 0 bridgehead atoms. The summed E-state index contributed by atoms with van der Waals surface area (Å²) in [4.78, 5) is 11.2. The minimum Gasteiger partial charge on any atom is -0.497 e. The molecule has 0 aliphatic heterocycles. The molecule has 2 rings (SSSR count). The molecule has 0 saturated heterocycles. The fourth-order valence-corrected chi connectivity index (χ4v) is 2.24. The van der Waals surface area contributed by atoms with Gasteiger partial charge in [-0.25, -0.2) is 0 Å². The fraction of sp³-hybridized carbons (Fsp3) is 0.462. The van der Waals surface area contributed by atoms with Gasteiger partial charge in [-0.2, -0.15) is 0 Å². The number of carboxylic acid groups (broad SMARTS) is 1. The minimum atomic E-state index is -0.707. The number of methoxy groups -OCH3 is 1. The van der Waals surface area contributed by atoms with Crippen LogP contribution in [0, 0.1) is 5.41 Å². The summed E-state index contributed by atoms with van der Waals surface area (Å²) in [6, 6.07) is 5.92. The number of ether oxygens (including phenoxy) is 1. The summed E-state index contributed by atoms with van der Waals surface area (Å²) in [5, 5.41) is 9.22. The summed E-state index contributed by atoms with van der Waals surface area (Å²) < 4.78 is 5.16. The molecule has 1 unspecified atom stereocenters. The predicted molar refractivity (Wildman–Crippen MR) is 60.8 cm³/mol. The van der Waals surface area contributed by atoms with Crippen molar-refractivity contribution in [3.05, 3.63) is 29.3 Å². The SMILES string of the molecule is COc1ccc2c(c1)CC(C)(C(=O)O)CC2. The maximum Gasteiger partial charge on any atom is 0.309 e. The molecule has 0 saturated carbocycles. The van der Waals surface area contributed by atoms with E-state index in [0.717, 1.165) is 17.7 Å².